The Morgan fingerprint density at radius 3 is 2.90 bits per heavy atom. The molecule has 1 aromatic carbocycles. The van der Waals surface area contributed by atoms with Crippen molar-refractivity contribution in [2.75, 3.05) is 0 Å². The van der Waals surface area contributed by atoms with Gasteiger partial charge in [0.15, 0.2) is 0 Å². The Morgan fingerprint density at radius 2 is 2.05 bits per heavy atom. The number of hydrogen-bond donors (Lipinski definition) is 2. The van der Waals surface area contributed by atoms with Crippen LogP contribution in [0.25, 0.3) is 33.4 Å². The predicted octanol–water partition coefficient (Wildman–Crippen LogP) is 2.56. The molecule has 2 aliphatic heterocycles. The molecule has 0 atom stereocenters. The van der Waals surface area contributed by atoms with Crippen molar-refractivity contribution in [2.45, 2.75) is 0 Å². The fraction of sp³-hybridized carbons (Fsp3) is 0. The summed E-state index contributed by atoms with van der Waals surface area (Å²) in [5.74, 6) is -0.389. The second-order valence-corrected chi connectivity index (χ2v) is 4.70. The molecule has 0 amide bonds. The lowest BCUT2D eigenvalue weighted by Crippen LogP contribution is -2.00. The number of aromatic amines is 2. The molecule has 2 aromatic rings. The van der Waals surface area contributed by atoms with Crippen molar-refractivity contribution in [3.05, 3.63) is 58.9 Å². The number of rotatable bonds is 1. The Morgan fingerprint density at radius 1 is 1.14 bits per heavy atom. The molecular formula is C15H9FN4O. The summed E-state index contributed by atoms with van der Waals surface area (Å²) in [6, 6.07) is 8.28. The number of aromatic nitrogens is 4. The molecule has 3 heterocycles. The van der Waals surface area contributed by atoms with Gasteiger partial charge in [-0.05, 0) is 24.3 Å². The van der Waals surface area contributed by atoms with E-state index in [9.17, 15) is 9.18 Å². The van der Waals surface area contributed by atoms with Crippen molar-refractivity contribution in [2.24, 2.45) is 0 Å². The standard InChI is InChI=1S/C15H9FN4O/c16-11-2-1-5-17-13(11)8-3-4-12-9(6-8)14-10(7-18-12)15(21)20-19-14/h1-7,18H,(H,20,21). The molecule has 102 valence electrons. The zero-order valence-electron chi connectivity index (χ0n) is 10.7. The average molecular weight is 280 g/mol. The van der Waals surface area contributed by atoms with E-state index in [1.807, 2.05) is 6.07 Å². The monoisotopic (exact) mass is 280 g/mol. The first kappa shape index (κ1) is 11.8. The third-order valence-corrected chi connectivity index (χ3v) is 3.45. The van der Waals surface area contributed by atoms with Crippen molar-refractivity contribution >= 4 is 10.9 Å². The Bertz CT molecular complexity index is 988. The van der Waals surface area contributed by atoms with Crippen molar-refractivity contribution in [3.8, 4) is 22.5 Å². The molecule has 6 heteroatoms. The topological polar surface area (TPSA) is 74.4 Å². The van der Waals surface area contributed by atoms with E-state index in [-0.39, 0.29) is 17.1 Å². The van der Waals surface area contributed by atoms with Gasteiger partial charge in [0, 0.05) is 28.9 Å². The van der Waals surface area contributed by atoms with Crippen molar-refractivity contribution in [1.29, 1.82) is 0 Å². The fourth-order valence-electron chi connectivity index (χ4n) is 2.44. The lowest BCUT2D eigenvalue weighted by Gasteiger charge is -2.06. The molecule has 0 aliphatic carbocycles. The third kappa shape index (κ3) is 1.73. The highest BCUT2D eigenvalue weighted by atomic mass is 19.1. The van der Waals surface area contributed by atoms with Crippen LogP contribution in [0.15, 0.2) is 47.5 Å². The van der Waals surface area contributed by atoms with Crippen LogP contribution in [-0.4, -0.2) is 20.2 Å². The number of hydrogen-bond acceptors (Lipinski definition) is 3. The maximum Gasteiger partial charge on any atom is 0.275 e. The summed E-state index contributed by atoms with van der Waals surface area (Å²) in [5, 5.41) is 7.20. The van der Waals surface area contributed by atoms with Gasteiger partial charge >= 0.3 is 0 Å². The molecule has 0 bridgehead atoms. The highest BCUT2D eigenvalue weighted by Crippen LogP contribution is 2.29. The number of nitrogens with one attached hydrogen (secondary N) is 2. The average Bonchev–Trinajstić information content (AvgIpc) is 2.89. The van der Waals surface area contributed by atoms with Crippen LogP contribution in [0.4, 0.5) is 4.39 Å². The van der Waals surface area contributed by atoms with Crippen molar-refractivity contribution in [1.82, 2.24) is 20.2 Å². The normalized spacial score (nSPS) is 11.3. The Balaban J connectivity index is 2.03. The van der Waals surface area contributed by atoms with Gasteiger partial charge in [-0.15, -0.1) is 0 Å². The van der Waals surface area contributed by atoms with Crippen LogP contribution in [0.5, 0.6) is 0 Å². The van der Waals surface area contributed by atoms with Crippen LogP contribution in [0.1, 0.15) is 0 Å². The molecular weight excluding hydrogens is 271 g/mol. The minimum Gasteiger partial charge on any atom is -0.360 e. The van der Waals surface area contributed by atoms with Gasteiger partial charge in [0.25, 0.3) is 5.56 Å². The highest BCUT2D eigenvalue weighted by Gasteiger charge is 2.15. The minimum atomic E-state index is -0.389. The van der Waals surface area contributed by atoms with Crippen LogP contribution in [-0.2, 0) is 0 Å². The number of pyridine rings is 2. The summed E-state index contributed by atoms with van der Waals surface area (Å²) in [5.41, 5.74) is 2.51. The third-order valence-electron chi connectivity index (χ3n) is 3.45. The van der Waals surface area contributed by atoms with E-state index in [0.717, 1.165) is 10.9 Å². The van der Waals surface area contributed by atoms with Crippen molar-refractivity contribution < 1.29 is 4.39 Å². The lowest BCUT2D eigenvalue weighted by molar-refractivity contribution is 0.626. The molecule has 1 aromatic heterocycles. The van der Waals surface area contributed by atoms with E-state index in [1.54, 1.807) is 30.6 Å². The fourth-order valence-corrected chi connectivity index (χ4v) is 2.44. The number of nitrogens with zero attached hydrogens (tertiary/aromatic N) is 2. The number of benzene rings is 1. The molecule has 0 radical (unpaired) electrons. The molecule has 21 heavy (non-hydrogen) atoms. The zero-order chi connectivity index (χ0) is 14.4. The number of halogens is 1. The van der Waals surface area contributed by atoms with Gasteiger partial charge in [0.2, 0.25) is 0 Å². The molecule has 4 rings (SSSR count). The van der Waals surface area contributed by atoms with Gasteiger partial charge in [-0.25, -0.2) is 9.49 Å². The molecule has 2 N–H and O–H groups in total. The summed E-state index contributed by atoms with van der Waals surface area (Å²) in [6.07, 6.45) is 3.16. The summed E-state index contributed by atoms with van der Waals surface area (Å²) in [6.45, 7) is 0. The first-order valence-electron chi connectivity index (χ1n) is 6.34. The summed E-state index contributed by atoms with van der Waals surface area (Å²) >= 11 is 0. The van der Waals surface area contributed by atoms with E-state index in [4.69, 9.17) is 0 Å². The molecule has 0 spiro atoms. The minimum absolute atomic E-state index is 0.252. The zero-order valence-corrected chi connectivity index (χ0v) is 10.7. The van der Waals surface area contributed by atoms with Gasteiger partial charge in [-0.1, -0.05) is 6.07 Å². The molecule has 0 unspecified atom stereocenters. The Labute approximate surface area is 117 Å². The maximum absolute atomic E-state index is 13.9. The second kappa shape index (κ2) is 4.24. The summed E-state index contributed by atoms with van der Waals surface area (Å²) in [4.78, 5) is 18.7. The van der Waals surface area contributed by atoms with Crippen LogP contribution >= 0.6 is 0 Å². The first-order valence-corrected chi connectivity index (χ1v) is 6.34. The lowest BCUT2D eigenvalue weighted by atomic mass is 10.0. The predicted molar refractivity (Wildman–Crippen MR) is 76.5 cm³/mol. The SMILES string of the molecule is O=c1[nH]nc2c3cc(-c4ncccc4F)ccc3[nH]cc1-2. The maximum atomic E-state index is 13.9. The van der Waals surface area contributed by atoms with Gasteiger partial charge in [0.1, 0.15) is 17.2 Å². The first-order chi connectivity index (χ1) is 10.2. The highest BCUT2D eigenvalue weighted by molar-refractivity contribution is 5.95. The Kier molecular flexibility index (Phi) is 2.38. The van der Waals surface area contributed by atoms with Crippen molar-refractivity contribution in [3.63, 3.8) is 0 Å². The van der Waals surface area contributed by atoms with Gasteiger partial charge in [0.05, 0.1) is 5.56 Å². The largest absolute Gasteiger partial charge is 0.360 e. The second-order valence-electron chi connectivity index (χ2n) is 4.70. The molecule has 0 saturated heterocycles. The van der Waals surface area contributed by atoms with Gasteiger partial charge < -0.3 is 4.98 Å². The summed E-state index contributed by atoms with van der Waals surface area (Å²) in [7, 11) is 0. The molecule has 0 fully saturated rings. The van der Waals surface area contributed by atoms with Crippen LogP contribution in [0.2, 0.25) is 0 Å². The van der Waals surface area contributed by atoms with E-state index < -0.39 is 0 Å². The summed E-state index contributed by atoms with van der Waals surface area (Å²) < 4.78 is 13.9. The van der Waals surface area contributed by atoms with E-state index >= 15 is 0 Å². The molecule has 2 aliphatic rings. The number of H-pyrrole nitrogens is 2. The molecule has 0 saturated carbocycles. The van der Waals surface area contributed by atoms with E-state index in [2.05, 4.69) is 20.2 Å². The smallest absolute Gasteiger partial charge is 0.275 e. The van der Waals surface area contributed by atoms with Gasteiger partial charge in [-0.3, -0.25) is 9.78 Å². The Hall–Kier alpha value is -3.02. The molecule has 5 nitrogen and oxygen atoms in total. The van der Waals surface area contributed by atoms with E-state index in [1.165, 1.54) is 6.07 Å². The van der Waals surface area contributed by atoms with Crippen LogP contribution < -0.4 is 5.56 Å². The quantitative estimate of drug-likeness (QED) is 0.562. The van der Waals surface area contributed by atoms with E-state index in [0.29, 0.717) is 16.8 Å². The number of fused-ring (bicyclic) bond motifs is 3. The van der Waals surface area contributed by atoms with Gasteiger partial charge in [-0.2, -0.15) is 5.10 Å². The van der Waals surface area contributed by atoms with Crippen LogP contribution in [0.3, 0.4) is 0 Å². The van der Waals surface area contributed by atoms with Crippen LogP contribution in [0, 0.1) is 5.82 Å².